The summed E-state index contributed by atoms with van der Waals surface area (Å²) in [6.07, 6.45) is 0. The van der Waals surface area contributed by atoms with Crippen LogP contribution >= 0.6 is 15.9 Å². The van der Waals surface area contributed by atoms with Crippen molar-refractivity contribution in [3.63, 3.8) is 0 Å². The Bertz CT molecular complexity index is 518. The lowest BCUT2D eigenvalue weighted by Crippen LogP contribution is -2.54. The molecule has 3 heterocycles. The highest BCUT2D eigenvalue weighted by molar-refractivity contribution is 9.10. The highest BCUT2D eigenvalue weighted by Crippen LogP contribution is 2.24. The van der Waals surface area contributed by atoms with Crippen LogP contribution in [0.1, 0.15) is 5.89 Å². The third kappa shape index (κ3) is 2.26. The summed E-state index contributed by atoms with van der Waals surface area (Å²) in [6.45, 7) is 2.40. The zero-order valence-corrected chi connectivity index (χ0v) is 10.6. The van der Waals surface area contributed by atoms with Gasteiger partial charge in [-0.2, -0.15) is 0 Å². The van der Waals surface area contributed by atoms with E-state index in [9.17, 15) is 0 Å². The van der Waals surface area contributed by atoms with Gasteiger partial charge in [-0.3, -0.25) is 4.90 Å². The molecule has 2 aromatic heterocycles. The van der Waals surface area contributed by atoms with Crippen LogP contribution in [0.5, 0.6) is 0 Å². The van der Waals surface area contributed by atoms with Crippen LogP contribution in [0, 0.1) is 0 Å². The molecule has 3 rings (SSSR count). The first-order chi connectivity index (χ1) is 8.20. The number of nitrogens with two attached hydrogens (primary N) is 1. The van der Waals surface area contributed by atoms with Crippen LogP contribution in [0.15, 0.2) is 25.6 Å². The summed E-state index contributed by atoms with van der Waals surface area (Å²) in [7, 11) is 0. The molecule has 0 unspecified atom stereocenters. The Morgan fingerprint density at radius 3 is 2.82 bits per heavy atom. The summed E-state index contributed by atoms with van der Waals surface area (Å²) < 4.78 is 11.5. The standard InChI is InChI=1S/C10H11BrN4O2/c11-8-2-1-7(16-8)10-14-13-9(17-10)5-15-3-6(12)4-15/h1-2,6H,3-5,12H2. The molecule has 1 aliphatic heterocycles. The fourth-order valence-electron chi connectivity index (χ4n) is 1.78. The van der Waals surface area contributed by atoms with Gasteiger partial charge in [0.05, 0.1) is 6.54 Å². The first-order valence-electron chi connectivity index (χ1n) is 5.27. The van der Waals surface area contributed by atoms with E-state index in [2.05, 4.69) is 31.0 Å². The molecule has 1 saturated heterocycles. The van der Waals surface area contributed by atoms with Crippen molar-refractivity contribution in [2.45, 2.75) is 12.6 Å². The Morgan fingerprint density at radius 1 is 1.35 bits per heavy atom. The SMILES string of the molecule is NC1CN(Cc2nnc(-c3ccc(Br)o3)o2)C1. The maximum atomic E-state index is 5.69. The quantitative estimate of drug-likeness (QED) is 0.918. The van der Waals surface area contributed by atoms with Crippen molar-refractivity contribution < 1.29 is 8.83 Å². The molecule has 1 fully saturated rings. The molecular weight excluding hydrogens is 288 g/mol. The molecule has 0 aromatic carbocycles. The minimum absolute atomic E-state index is 0.276. The van der Waals surface area contributed by atoms with Crippen LogP contribution in [-0.4, -0.2) is 34.2 Å². The molecule has 0 atom stereocenters. The molecule has 2 N–H and O–H groups in total. The first-order valence-corrected chi connectivity index (χ1v) is 6.06. The zero-order chi connectivity index (χ0) is 11.8. The van der Waals surface area contributed by atoms with Gasteiger partial charge in [0.1, 0.15) is 0 Å². The summed E-state index contributed by atoms with van der Waals surface area (Å²) in [5, 5.41) is 7.92. The molecule has 0 spiro atoms. The molecule has 0 aliphatic carbocycles. The van der Waals surface area contributed by atoms with Gasteiger partial charge < -0.3 is 14.6 Å². The van der Waals surface area contributed by atoms with Crippen molar-refractivity contribution >= 4 is 15.9 Å². The molecule has 2 aromatic rings. The van der Waals surface area contributed by atoms with Crippen LogP contribution < -0.4 is 5.73 Å². The predicted molar refractivity (Wildman–Crippen MR) is 63.0 cm³/mol. The average molecular weight is 299 g/mol. The van der Waals surface area contributed by atoms with Crippen molar-refractivity contribution in [3.8, 4) is 11.7 Å². The van der Waals surface area contributed by atoms with E-state index < -0.39 is 0 Å². The molecule has 7 heteroatoms. The van der Waals surface area contributed by atoms with Crippen LogP contribution in [0.3, 0.4) is 0 Å². The average Bonchev–Trinajstić information content (AvgIpc) is 2.84. The molecule has 0 amide bonds. The number of halogens is 1. The van der Waals surface area contributed by atoms with E-state index in [1.807, 2.05) is 0 Å². The zero-order valence-electron chi connectivity index (χ0n) is 8.97. The minimum Gasteiger partial charge on any atom is -0.444 e. The van der Waals surface area contributed by atoms with Crippen molar-refractivity contribution in [2.75, 3.05) is 13.1 Å². The Labute approximate surface area is 106 Å². The van der Waals surface area contributed by atoms with Gasteiger partial charge in [-0.15, -0.1) is 10.2 Å². The van der Waals surface area contributed by atoms with Gasteiger partial charge in [0.2, 0.25) is 5.89 Å². The van der Waals surface area contributed by atoms with Gasteiger partial charge in [0.25, 0.3) is 5.89 Å². The van der Waals surface area contributed by atoms with Gasteiger partial charge in [-0.25, -0.2) is 0 Å². The fourth-order valence-corrected chi connectivity index (χ4v) is 2.08. The summed E-state index contributed by atoms with van der Waals surface area (Å²) in [5.41, 5.74) is 5.69. The number of hydrogen-bond donors (Lipinski definition) is 1. The third-order valence-electron chi connectivity index (χ3n) is 2.60. The van der Waals surface area contributed by atoms with Gasteiger partial charge in [-0.1, -0.05) is 0 Å². The van der Waals surface area contributed by atoms with Crippen molar-refractivity contribution in [1.29, 1.82) is 0 Å². The van der Waals surface area contributed by atoms with E-state index in [4.69, 9.17) is 14.6 Å². The molecule has 0 radical (unpaired) electrons. The van der Waals surface area contributed by atoms with E-state index >= 15 is 0 Å². The number of furan rings is 1. The second kappa shape index (κ2) is 4.25. The molecule has 17 heavy (non-hydrogen) atoms. The molecule has 90 valence electrons. The van der Waals surface area contributed by atoms with Crippen LogP contribution in [-0.2, 0) is 6.54 Å². The minimum atomic E-state index is 0.276. The van der Waals surface area contributed by atoms with E-state index in [0.717, 1.165) is 13.1 Å². The molecular formula is C10H11BrN4O2. The lowest BCUT2D eigenvalue weighted by atomic mass is 10.1. The number of nitrogens with zero attached hydrogens (tertiary/aromatic N) is 3. The number of likely N-dealkylation sites (tertiary alicyclic amines) is 1. The highest BCUT2D eigenvalue weighted by atomic mass is 79.9. The number of aromatic nitrogens is 2. The van der Waals surface area contributed by atoms with Crippen molar-refractivity contribution in [3.05, 3.63) is 22.7 Å². The van der Waals surface area contributed by atoms with Crippen LogP contribution in [0.4, 0.5) is 0 Å². The lowest BCUT2D eigenvalue weighted by molar-refractivity contribution is 0.129. The molecule has 1 aliphatic rings. The normalized spacial score (nSPS) is 17.3. The van der Waals surface area contributed by atoms with E-state index in [1.54, 1.807) is 12.1 Å². The van der Waals surface area contributed by atoms with Gasteiger partial charge >= 0.3 is 0 Å². The van der Waals surface area contributed by atoms with E-state index in [0.29, 0.717) is 28.8 Å². The van der Waals surface area contributed by atoms with Gasteiger partial charge in [0.15, 0.2) is 10.4 Å². The summed E-state index contributed by atoms with van der Waals surface area (Å²) in [6, 6.07) is 3.84. The first kappa shape index (κ1) is 10.9. The fraction of sp³-hybridized carbons (Fsp3) is 0.400. The summed E-state index contributed by atoms with van der Waals surface area (Å²) in [4.78, 5) is 2.15. The largest absolute Gasteiger partial charge is 0.444 e. The molecule has 0 bridgehead atoms. The monoisotopic (exact) mass is 298 g/mol. The number of hydrogen-bond acceptors (Lipinski definition) is 6. The summed E-state index contributed by atoms with van der Waals surface area (Å²) in [5.74, 6) is 1.55. The maximum absolute atomic E-state index is 5.69. The Kier molecular flexibility index (Phi) is 2.73. The Hall–Kier alpha value is -1.18. The molecule has 6 nitrogen and oxygen atoms in total. The summed E-state index contributed by atoms with van der Waals surface area (Å²) >= 11 is 3.22. The Balaban J connectivity index is 1.70. The highest BCUT2D eigenvalue weighted by Gasteiger charge is 2.25. The van der Waals surface area contributed by atoms with Crippen molar-refractivity contribution in [2.24, 2.45) is 5.73 Å². The third-order valence-corrected chi connectivity index (χ3v) is 3.02. The van der Waals surface area contributed by atoms with E-state index in [-0.39, 0.29) is 6.04 Å². The van der Waals surface area contributed by atoms with Crippen molar-refractivity contribution in [1.82, 2.24) is 15.1 Å². The van der Waals surface area contributed by atoms with Crippen LogP contribution in [0.2, 0.25) is 0 Å². The van der Waals surface area contributed by atoms with E-state index in [1.165, 1.54) is 0 Å². The van der Waals surface area contributed by atoms with Gasteiger partial charge in [0, 0.05) is 19.1 Å². The smallest absolute Gasteiger partial charge is 0.283 e. The lowest BCUT2D eigenvalue weighted by Gasteiger charge is -2.35. The Morgan fingerprint density at radius 2 is 2.18 bits per heavy atom. The van der Waals surface area contributed by atoms with Crippen LogP contribution in [0.25, 0.3) is 11.7 Å². The maximum Gasteiger partial charge on any atom is 0.283 e. The van der Waals surface area contributed by atoms with Gasteiger partial charge in [-0.05, 0) is 28.1 Å². The molecule has 0 saturated carbocycles. The topological polar surface area (TPSA) is 81.3 Å². The second-order valence-electron chi connectivity index (χ2n) is 4.06. The predicted octanol–water partition coefficient (Wildman–Crippen LogP) is 1.23. The second-order valence-corrected chi connectivity index (χ2v) is 4.84. The number of rotatable bonds is 3.